The molecule has 5 nitrogen and oxygen atoms in total. The van der Waals surface area contributed by atoms with Gasteiger partial charge in [-0.1, -0.05) is 12.1 Å². The molecular weight excluding hydrogens is 413 g/mol. The number of pyridine rings is 1. The number of halogens is 3. The van der Waals surface area contributed by atoms with Crippen molar-refractivity contribution >= 4 is 17.2 Å². The molecule has 0 fully saturated rings. The molecule has 0 aliphatic heterocycles. The van der Waals surface area contributed by atoms with E-state index in [0.717, 1.165) is 11.6 Å². The molecule has 0 saturated carbocycles. The van der Waals surface area contributed by atoms with Crippen molar-refractivity contribution in [2.45, 2.75) is 12.7 Å². The van der Waals surface area contributed by atoms with E-state index in [4.69, 9.17) is 0 Å². The van der Waals surface area contributed by atoms with E-state index in [-0.39, 0.29) is 5.91 Å². The highest BCUT2D eigenvalue weighted by Crippen LogP contribution is 2.34. The molecular formula is C21H15F3N4OS. The van der Waals surface area contributed by atoms with Crippen molar-refractivity contribution in [1.29, 1.82) is 0 Å². The van der Waals surface area contributed by atoms with Gasteiger partial charge in [0.2, 0.25) is 0 Å². The van der Waals surface area contributed by atoms with Gasteiger partial charge in [0, 0.05) is 24.5 Å². The Morgan fingerprint density at radius 3 is 2.53 bits per heavy atom. The van der Waals surface area contributed by atoms with Crippen molar-refractivity contribution in [1.82, 2.24) is 20.1 Å². The van der Waals surface area contributed by atoms with Crippen LogP contribution in [0, 0.1) is 0 Å². The molecule has 3 aromatic heterocycles. The van der Waals surface area contributed by atoms with Crippen LogP contribution in [0.5, 0.6) is 0 Å². The van der Waals surface area contributed by atoms with Gasteiger partial charge in [0.05, 0.1) is 16.3 Å². The number of hydrogen-bond donors (Lipinski definition) is 1. The Bertz CT molecular complexity index is 1140. The maximum absolute atomic E-state index is 13.2. The van der Waals surface area contributed by atoms with Crippen molar-refractivity contribution < 1.29 is 18.0 Å². The van der Waals surface area contributed by atoms with Crippen molar-refractivity contribution in [3.05, 3.63) is 89.2 Å². The quantitative estimate of drug-likeness (QED) is 0.490. The molecule has 1 amide bonds. The minimum Gasteiger partial charge on any atom is -0.348 e. The van der Waals surface area contributed by atoms with Crippen molar-refractivity contribution in [2.75, 3.05) is 0 Å². The highest BCUT2D eigenvalue weighted by molar-refractivity contribution is 7.13. The predicted octanol–water partition coefficient (Wildman–Crippen LogP) is 4.94. The standard InChI is InChI=1S/C21H15F3N4OS/c22-21(23,24)19-11-17(18-4-2-10-30-18)28(27-19)16-7-5-15(6-8-16)20(29)26-13-14-3-1-9-25-12-14/h1-12H,13H2,(H,26,29). The fraction of sp³-hybridized carbons (Fsp3) is 0.0952. The van der Waals surface area contributed by atoms with Gasteiger partial charge in [-0.15, -0.1) is 11.3 Å². The molecule has 152 valence electrons. The van der Waals surface area contributed by atoms with E-state index in [1.54, 1.807) is 60.2 Å². The van der Waals surface area contributed by atoms with Gasteiger partial charge < -0.3 is 5.32 Å². The summed E-state index contributed by atoms with van der Waals surface area (Å²) >= 11 is 1.32. The van der Waals surface area contributed by atoms with Crippen molar-refractivity contribution in [3.8, 4) is 16.3 Å². The van der Waals surface area contributed by atoms with Crippen LogP contribution in [-0.2, 0) is 12.7 Å². The van der Waals surface area contributed by atoms with Crippen LogP contribution < -0.4 is 5.32 Å². The summed E-state index contributed by atoms with van der Waals surface area (Å²) in [7, 11) is 0. The molecule has 0 unspecified atom stereocenters. The molecule has 4 rings (SSSR count). The first-order chi connectivity index (χ1) is 14.4. The lowest BCUT2D eigenvalue weighted by molar-refractivity contribution is -0.141. The van der Waals surface area contributed by atoms with Crippen LogP contribution in [0.3, 0.4) is 0 Å². The summed E-state index contributed by atoms with van der Waals surface area (Å²) in [5.74, 6) is -0.291. The Morgan fingerprint density at radius 1 is 1.10 bits per heavy atom. The smallest absolute Gasteiger partial charge is 0.348 e. The summed E-state index contributed by atoms with van der Waals surface area (Å²) in [4.78, 5) is 17.0. The number of aromatic nitrogens is 3. The molecule has 3 heterocycles. The maximum Gasteiger partial charge on any atom is 0.435 e. The summed E-state index contributed by atoms with van der Waals surface area (Å²) in [5.41, 5.74) is 1.05. The normalized spacial score (nSPS) is 11.4. The number of carbonyl (C=O) groups excluding carboxylic acids is 1. The number of thiophene rings is 1. The van der Waals surface area contributed by atoms with Crippen LogP contribution in [0.2, 0.25) is 0 Å². The number of nitrogens with one attached hydrogen (secondary N) is 1. The second kappa shape index (κ2) is 8.11. The van der Waals surface area contributed by atoms with E-state index in [1.165, 1.54) is 16.0 Å². The number of carbonyl (C=O) groups is 1. The van der Waals surface area contributed by atoms with E-state index in [1.807, 2.05) is 6.07 Å². The monoisotopic (exact) mass is 428 g/mol. The Labute approximate surface area is 173 Å². The van der Waals surface area contributed by atoms with Gasteiger partial charge in [-0.2, -0.15) is 18.3 Å². The molecule has 4 aromatic rings. The van der Waals surface area contributed by atoms with Crippen LogP contribution in [-0.4, -0.2) is 20.7 Å². The third kappa shape index (κ3) is 4.25. The Balaban J connectivity index is 1.58. The fourth-order valence-electron chi connectivity index (χ4n) is 2.86. The molecule has 0 bridgehead atoms. The first kappa shape index (κ1) is 19.8. The minimum atomic E-state index is -4.55. The highest BCUT2D eigenvalue weighted by Gasteiger charge is 2.35. The van der Waals surface area contributed by atoms with Gasteiger partial charge in [0.25, 0.3) is 5.91 Å². The summed E-state index contributed by atoms with van der Waals surface area (Å²) in [5, 5.41) is 8.32. The van der Waals surface area contributed by atoms with Crippen molar-refractivity contribution in [3.63, 3.8) is 0 Å². The summed E-state index contributed by atoms with van der Waals surface area (Å²) in [6.45, 7) is 0.324. The molecule has 9 heteroatoms. The summed E-state index contributed by atoms with van der Waals surface area (Å²) < 4.78 is 40.9. The predicted molar refractivity (Wildman–Crippen MR) is 107 cm³/mol. The molecule has 1 N–H and O–H groups in total. The summed E-state index contributed by atoms with van der Waals surface area (Å²) in [6, 6.07) is 14.4. The van der Waals surface area contributed by atoms with Gasteiger partial charge in [-0.3, -0.25) is 9.78 Å². The number of rotatable bonds is 5. The number of hydrogen-bond acceptors (Lipinski definition) is 4. The first-order valence-electron chi connectivity index (χ1n) is 8.90. The average Bonchev–Trinajstić information content (AvgIpc) is 3.42. The molecule has 0 radical (unpaired) electrons. The van der Waals surface area contributed by atoms with Crippen LogP contribution >= 0.6 is 11.3 Å². The molecule has 0 saturated heterocycles. The lowest BCUT2D eigenvalue weighted by Gasteiger charge is -2.08. The van der Waals surface area contributed by atoms with E-state index in [9.17, 15) is 18.0 Å². The van der Waals surface area contributed by atoms with Crippen LogP contribution in [0.1, 0.15) is 21.6 Å². The molecule has 0 atom stereocenters. The lowest BCUT2D eigenvalue weighted by atomic mass is 10.2. The maximum atomic E-state index is 13.2. The van der Waals surface area contributed by atoms with E-state index in [2.05, 4.69) is 15.4 Å². The number of amides is 1. The van der Waals surface area contributed by atoms with Gasteiger partial charge in [-0.25, -0.2) is 4.68 Å². The number of benzene rings is 1. The second-order valence-electron chi connectivity index (χ2n) is 6.39. The Hall–Kier alpha value is -3.46. The van der Waals surface area contributed by atoms with E-state index >= 15 is 0 Å². The highest BCUT2D eigenvalue weighted by atomic mass is 32.1. The minimum absolute atomic E-state index is 0.291. The van der Waals surface area contributed by atoms with Gasteiger partial charge >= 0.3 is 6.18 Å². The molecule has 1 aromatic carbocycles. The molecule has 0 spiro atoms. The third-order valence-corrected chi connectivity index (χ3v) is 5.22. The average molecular weight is 428 g/mol. The molecule has 0 aliphatic rings. The number of nitrogens with zero attached hydrogens (tertiary/aromatic N) is 3. The van der Waals surface area contributed by atoms with E-state index < -0.39 is 11.9 Å². The van der Waals surface area contributed by atoms with Gasteiger partial charge in [0.15, 0.2) is 5.69 Å². The zero-order chi connectivity index (χ0) is 21.1. The second-order valence-corrected chi connectivity index (χ2v) is 7.34. The van der Waals surface area contributed by atoms with Crippen LogP contribution in [0.25, 0.3) is 16.3 Å². The Kier molecular flexibility index (Phi) is 5.37. The fourth-order valence-corrected chi connectivity index (χ4v) is 3.58. The van der Waals surface area contributed by atoms with Gasteiger partial charge in [-0.05, 0) is 53.4 Å². The molecule has 0 aliphatic carbocycles. The van der Waals surface area contributed by atoms with Crippen molar-refractivity contribution in [2.24, 2.45) is 0 Å². The topological polar surface area (TPSA) is 59.8 Å². The zero-order valence-corrected chi connectivity index (χ0v) is 16.2. The molecule has 30 heavy (non-hydrogen) atoms. The van der Waals surface area contributed by atoms with Gasteiger partial charge in [0.1, 0.15) is 0 Å². The first-order valence-corrected chi connectivity index (χ1v) is 9.78. The lowest BCUT2D eigenvalue weighted by Crippen LogP contribution is -2.22. The Morgan fingerprint density at radius 2 is 1.90 bits per heavy atom. The zero-order valence-electron chi connectivity index (χ0n) is 15.4. The third-order valence-electron chi connectivity index (χ3n) is 4.32. The SMILES string of the molecule is O=C(NCc1cccnc1)c1ccc(-n2nc(C(F)(F)F)cc2-c2cccs2)cc1. The van der Waals surface area contributed by atoms with E-state index in [0.29, 0.717) is 28.4 Å². The number of alkyl halides is 3. The summed E-state index contributed by atoms with van der Waals surface area (Å²) in [6.07, 6.45) is -1.25. The largest absolute Gasteiger partial charge is 0.435 e. The van der Waals surface area contributed by atoms with Crippen LogP contribution in [0.15, 0.2) is 72.4 Å². The van der Waals surface area contributed by atoms with Crippen LogP contribution in [0.4, 0.5) is 13.2 Å².